The lowest BCUT2D eigenvalue weighted by Gasteiger charge is -2.15. The predicted molar refractivity (Wildman–Crippen MR) is 116 cm³/mol. The Balaban J connectivity index is 3.70. The van der Waals surface area contributed by atoms with Crippen LogP contribution in [0.2, 0.25) is 0 Å². The first kappa shape index (κ1) is 26.3. The first-order chi connectivity index (χ1) is 13.7. The van der Waals surface area contributed by atoms with Crippen LogP contribution >= 0.6 is 0 Å². The maximum atomic E-state index is 12.4. The largest absolute Gasteiger partial charge is 0.457 e. The Hall–Kier alpha value is -1.68. The molecule has 0 aliphatic carbocycles. The Kier molecular flexibility index (Phi) is 18.9. The van der Waals surface area contributed by atoms with Gasteiger partial charge < -0.3 is 9.84 Å². The van der Waals surface area contributed by atoms with Crippen LogP contribution in [0.25, 0.3) is 0 Å². The lowest BCUT2D eigenvalue weighted by atomic mass is 10.1. The first-order valence-corrected chi connectivity index (χ1v) is 10.6. The Morgan fingerprint density at radius 2 is 1.46 bits per heavy atom. The molecule has 4 heteroatoms. The number of aliphatic hydroxyl groups excluding tert-OH is 1. The third-order valence-corrected chi connectivity index (χ3v) is 4.28. The summed E-state index contributed by atoms with van der Waals surface area (Å²) in [7, 11) is 0. The maximum absolute atomic E-state index is 12.4. The zero-order valence-electron chi connectivity index (χ0n) is 17.7. The number of alkyl halides is 1. The summed E-state index contributed by atoms with van der Waals surface area (Å²) in [6.07, 6.45) is 25.6. The summed E-state index contributed by atoms with van der Waals surface area (Å²) in [6.45, 7) is 2.65. The van der Waals surface area contributed by atoms with Crippen molar-refractivity contribution in [1.82, 2.24) is 0 Å². The summed E-state index contributed by atoms with van der Waals surface area (Å²) >= 11 is 0. The molecule has 1 N–H and O–H groups in total. The van der Waals surface area contributed by atoms with Crippen molar-refractivity contribution in [1.29, 1.82) is 0 Å². The minimum Gasteiger partial charge on any atom is -0.457 e. The number of hydrogen-bond acceptors (Lipinski definition) is 3. The van der Waals surface area contributed by atoms with Crippen LogP contribution in [0.1, 0.15) is 71.6 Å². The van der Waals surface area contributed by atoms with Crippen molar-refractivity contribution in [2.45, 2.75) is 77.7 Å². The Labute approximate surface area is 171 Å². The quantitative estimate of drug-likeness (QED) is 0.180. The van der Waals surface area contributed by atoms with Gasteiger partial charge in [0.2, 0.25) is 0 Å². The monoisotopic (exact) mass is 394 g/mol. The fourth-order valence-corrected chi connectivity index (χ4v) is 2.42. The highest BCUT2D eigenvalue weighted by molar-refractivity contribution is 5.72. The molecule has 1 unspecified atom stereocenters. The summed E-state index contributed by atoms with van der Waals surface area (Å²) in [5, 5.41) is 8.84. The van der Waals surface area contributed by atoms with E-state index in [0.29, 0.717) is 6.42 Å². The van der Waals surface area contributed by atoms with Crippen LogP contribution in [-0.4, -0.2) is 30.5 Å². The molecular weight excluding hydrogens is 355 g/mol. The molecule has 0 rings (SSSR count). The lowest BCUT2D eigenvalue weighted by Crippen LogP contribution is -2.27. The van der Waals surface area contributed by atoms with E-state index in [1.165, 1.54) is 25.7 Å². The smallest absolute Gasteiger partial charge is 0.309 e. The van der Waals surface area contributed by atoms with E-state index in [4.69, 9.17) is 9.84 Å². The Morgan fingerprint density at radius 3 is 1.96 bits per heavy atom. The summed E-state index contributed by atoms with van der Waals surface area (Å²) in [6, 6.07) is 0. The number of hydrogen-bond donors (Lipinski definition) is 1. The summed E-state index contributed by atoms with van der Waals surface area (Å²) in [5.74, 6) is -0.751. The average Bonchev–Trinajstić information content (AvgIpc) is 2.71. The number of carbonyl (C=O) groups excluding carboxylic acids is 1. The zero-order valence-corrected chi connectivity index (χ0v) is 17.7. The number of rotatable bonds is 17. The fraction of sp³-hybridized carbons (Fsp3) is 0.625. The first-order valence-electron chi connectivity index (χ1n) is 10.6. The molecular formula is C24H39FO3. The summed E-state index contributed by atoms with van der Waals surface area (Å²) < 4.78 is 17.3. The van der Waals surface area contributed by atoms with E-state index < -0.39 is 25.4 Å². The van der Waals surface area contributed by atoms with Gasteiger partial charge in [-0.3, -0.25) is 4.79 Å². The van der Waals surface area contributed by atoms with Gasteiger partial charge in [0.25, 0.3) is 0 Å². The summed E-state index contributed by atoms with van der Waals surface area (Å²) in [4.78, 5) is 11.7. The van der Waals surface area contributed by atoms with Crippen LogP contribution in [0.5, 0.6) is 0 Å². The Bertz CT molecular complexity index is 476. The van der Waals surface area contributed by atoms with Crippen LogP contribution in [0.3, 0.4) is 0 Å². The fourth-order valence-electron chi connectivity index (χ4n) is 2.42. The average molecular weight is 395 g/mol. The molecule has 0 aromatic carbocycles. The molecule has 0 saturated heterocycles. The van der Waals surface area contributed by atoms with Crippen LogP contribution in [0.4, 0.5) is 4.39 Å². The standard InChI is InChI=1S/C24H39FO3/c1-3-4-5-6-7-8-9-10-11-12-13-14-15-16-17-18-19-22(2)24(27)28-23(20-25)21-26/h7-8,10-11,13-14,16-17,22-23,26H,3-6,9,12,15,18-21H2,1-2H3/b8-7-,11-10-,14-13-,17-16-/t22-,23?/m0/s1. The van der Waals surface area contributed by atoms with Gasteiger partial charge in [-0.2, -0.15) is 0 Å². The molecule has 0 radical (unpaired) electrons. The van der Waals surface area contributed by atoms with Gasteiger partial charge in [0.05, 0.1) is 12.5 Å². The predicted octanol–water partition coefficient (Wildman–Crippen LogP) is 6.25. The number of unbranched alkanes of at least 4 members (excludes halogenated alkanes) is 3. The number of carbonyl (C=O) groups is 1. The topological polar surface area (TPSA) is 46.5 Å². The molecule has 0 amide bonds. The normalized spacial score (nSPS) is 14.6. The van der Waals surface area contributed by atoms with Gasteiger partial charge in [-0.05, 0) is 44.9 Å². The molecule has 0 aromatic heterocycles. The van der Waals surface area contributed by atoms with Gasteiger partial charge in [0, 0.05) is 0 Å². The number of ether oxygens (including phenoxy) is 1. The van der Waals surface area contributed by atoms with Crippen molar-refractivity contribution < 1.29 is 19.0 Å². The second-order valence-electron chi connectivity index (χ2n) is 6.96. The number of esters is 1. The van der Waals surface area contributed by atoms with E-state index in [-0.39, 0.29) is 5.92 Å². The molecule has 0 spiro atoms. The van der Waals surface area contributed by atoms with E-state index in [2.05, 4.69) is 49.5 Å². The van der Waals surface area contributed by atoms with E-state index in [0.717, 1.165) is 25.7 Å². The molecule has 0 fully saturated rings. The molecule has 0 aliphatic rings. The number of allylic oxidation sites excluding steroid dienone is 8. The summed E-state index contributed by atoms with van der Waals surface area (Å²) in [5.41, 5.74) is 0. The number of aliphatic hydroxyl groups is 1. The molecule has 0 aromatic rings. The molecule has 3 nitrogen and oxygen atoms in total. The van der Waals surface area contributed by atoms with E-state index in [9.17, 15) is 9.18 Å². The lowest BCUT2D eigenvalue weighted by molar-refractivity contribution is -0.156. The van der Waals surface area contributed by atoms with Crippen LogP contribution in [0.15, 0.2) is 48.6 Å². The van der Waals surface area contributed by atoms with Gasteiger partial charge in [-0.1, -0.05) is 75.3 Å². The molecule has 2 atom stereocenters. The van der Waals surface area contributed by atoms with Crippen molar-refractivity contribution in [3.05, 3.63) is 48.6 Å². The third kappa shape index (κ3) is 16.5. The maximum Gasteiger partial charge on any atom is 0.309 e. The minimum atomic E-state index is -1.04. The van der Waals surface area contributed by atoms with Gasteiger partial charge in [-0.15, -0.1) is 0 Å². The molecule has 28 heavy (non-hydrogen) atoms. The van der Waals surface area contributed by atoms with E-state index >= 15 is 0 Å². The molecule has 160 valence electrons. The molecule has 0 saturated carbocycles. The molecule has 0 bridgehead atoms. The minimum absolute atomic E-state index is 0.299. The van der Waals surface area contributed by atoms with Crippen LogP contribution < -0.4 is 0 Å². The van der Waals surface area contributed by atoms with Crippen molar-refractivity contribution >= 4 is 5.97 Å². The molecule has 0 aliphatic heterocycles. The van der Waals surface area contributed by atoms with Gasteiger partial charge in [0.1, 0.15) is 6.67 Å². The van der Waals surface area contributed by atoms with Crippen molar-refractivity contribution in [3.63, 3.8) is 0 Å². The van der Waals surface area contributed by atoms with Crippen molar-refractivity contribution in [2.75, 3.05) is 13.3 Å². The van der Waals surface area contributed by atoms with Crippen LogP contribution in [0, 0.1) is 5.92 Å². The number of halogens is 1. The highest BCUT2D eigenvalue weighted by Crippen LogP contribution is 2.10. The van der Waals surface area contributed by atoms with E-state index in [1.807, 2.05) is 6.08 Å². The Morgan fingerprint density at radius 1 is 0.929 bits per heavy atom. The second kappa shape index (κ2) is 20.1. The SMILES string of the molecule is CCCCC/C=C\C/C=C\C/C=C\C/C=C\CC[C@H](C)C(=O)OC(CO)CF. The van der Waals surface area contributed by atoms with Gasteiger partial charge in [0.15, 0.2) is 6.10 Å². The third-order valence-electron chi connectivity index (χ3n) is 4.28. The second-order valence-corrected chi connectivity index (χ2v) is 6.96. The van der Waals surface area contributed by atoms with Crippen molar-refractivity contribution in [3.8, 4) is 0 Å². The highest BCUT2D eigenvalue weighted by atomic mass is 19.1. The van der Waals surface area contributed by atoms with Crippen molar-refractivity contribution in [2.24, 2.45) is 5.92 Å². The van der Waals surface area contributed by atoms with Gasteiger partial charge >= 0.3 is 5.97 Å². The van der Waals surface area contributed by atoms with Crippen LogP contribution in [-0.2, 0) is 9.53 Å². The van der Waals surface area contributed by atoms with E-state index in [1.54, 1.807) is 6.92 Å². The van der Waals surface area contributed by atoms with Gasteiger partial charge in [-0.25, -0.2) is 4.39 Å². The highest BCUT2D eigenvalue weighted by Gasteiger charge is 2.18. The zero-order chi connectivity index (χ0) is 20.9. The molecule has 0 heterocycles.